The highest BCUT2D eigenvalue weighted by atomic mass is 19.4. The topological polar surface area (TPSA) is 57.2 Å². The molecule has 4 nitrogen and oxygen atoms in total. The molecule has 0 aliphatic heterocycles. The number of hydrogen-bond acceptors (Lipinski definition) is 3. The van der Waals surface area contributed by atoms with Gasteiger partial charge in [0, 0.05) is 12.7 Å². The van der Waals surface area contributed by atoms with Gasteiger partial charge < -0.3 is 15.0 Å². The van der Waals surface area contributed by atoms with Gasteiger partial charge in [0.1, 0.15) is 5.69 Å². The average molecular weight is 250 g/mol. The van der Waals surface area contributed by atoms with Gasteiger partial charge in [-0.2, -0.15) is 13.2 Å². The number of hydrogen-bond donors (Lipinski definition) is 1. The lowest BCUT2D eigenvalue weighted by molar-refractivity contribution is -0.161. The van der Waals surface area contributed by atoms with Gasteiger partial charge in [-0.3, -0.25) is 0 Å². The van der Waals surface area contributed by atoms with Crippen molar-refractivity contribution in [1.29, 1.82) is 0 Å². The summed E-state index contributed by atoms with van der Waals surface area (Å²) < 4.78 is 41.3. The van der Waals surface area contributed by atoms with Crippen LogP contribution in [0.3, 0.4) is 0 Å². The standard InChI is InChI=1S/C10H13F3N2O2/c1-2-3-15-5-7(14)4-8(15)9(16)17-6-10(11,12)13/h4-5H,2-3,6,14H2,1H3. The van der Waals surface area contributed by atoms with E-state index in [4.69, 9.17) is 5.73 Å². The van der Waals surface area contributed by atoms with Gasteiger partial charge in [0.15, 0.2) is 6.61 Å². The third kappa shape index (κ3) is 4.01. The third-order valence-corrected chi connectivity index (χ3v) is 1.96. The zero-order valence-electron chi connectivity index (χ0n) is 9.25. The van der Waals surface area contributed by atoms with Crippen molar-refractivity contribution in [1.82, 2.24) is 4.57 Å². The Labute approximate surface area is 96.2 Å². The molecule has 7 heteroatoms. The van der Waals surface area contributed by atoms with E-state index in [0.29, 0.717) is 12.2 Å². The second-order valence-corrected chi connectivity index (χ2v) is 3.54. The number of carbonyl (C=O) groups excluding carboxylic acids is 1. The Bertz CT molecular complexity index is 399. The number of esters is 1. The summed E-state index contributed by atoms with van der Waals surface area (Å²) in [6, 6.07) is 1.30. The normalized spacial score (nSPS) is 11.5. The number of nitrogen functional groups attached to an aromatic ring is 1. The molecule has 2 N–H and O–H groups in total. The van der Waals surface area contributed by atoms with E-state index in [0.717, 1.165) is 6.42 Å². The molecule has 0 unspecified atom stereocenters. The lowest BCUT2D eigenvalue weighted by Gasteiger charge is -2.09. The molecule has 96 valence electrons. The third-order valence-electron chi connectivity index (χ3n) is 1.96. The Kier molecular flexibility index (Phi) is 4.03. The van der Waals surface area contributed by atoms with Crippen LogP contribution in [0, 0.1) is 0 Å². The van der Waals surface area contributed by atoms with Gasteiger partial charge in [-0.15, -0.1) is 0 Å². The number of aromatic nitrogens is 1. The molecule has 0 spiro atoms. The summed E-state index contributed by atoms with van der Waals surface area (Å²) in [6.07, 6.45) is -2.30. The maximum atomic E-state index is 11.9. The summed E-state index contributed by atoms with van der Waals surface area (Å²) in [4.78, 5) is 11.4. The second kappa shape index (κ2) is 5.11. The molecule has 0 saturated heterocycles. The molecule has 0 aromatic carbocycles. The summed E-state index contributed by atoms with van der Waals surface area (Å²) in [5.74, 6) is -1.02. The van der Waals surface area contributed by atoms with E-state index in [1.165, 1.54) is 16.8 Å². The molecule has 1 heterocycles. The van der Waals surface area contributed by atoms with Crippen molar-refractivity contribution in [2.45, 2.75) is 26.1 Å². The average Bonchev–Trinajstić information content (AvgIpc) is 2.55. The molecule has 0 saturated carbocycles. The molecular weight excluding hydrogens is 237 g/mol. The van der Waals surface area contributed by atoms with Crippen LogP contribution in [-0.2, 0) is 11.3 Å². The van der Waals surface area contributed by atoms with Crippen molar-refractivity contribution in [3.05, 3.63) is 18.0 Å². The minimum atomic E-state index is -4.52. The molecule has 0 atom stereocenters. The molecule has 1 aromatic rings. The first-order valence-corrected chi connectivity index (χ1v) is 5.03. The van der Waals surface area contributed by atoms with E-state index in [2.05, 4.69) is 4.74 Å². The van der Waals surface area contributed by atoms with Crippen LogP contribution in [0.15, 0.2) is 12.3 Å². The number of nitrogens with zero attached hydrogens (tertiary/aromatic N) is 1. The molecule has 0 radical (unpaired) electrons. The summed E-state index contributed by atoms with van der Waals surface area (Å²) in [7, 11) is 0. The van der Waals surface area contributed by atoms with Crippen LogP contribution >= 0.6 is 0 Å². The van der Waals surface area contributed by atoms with Crippen molar-refractivity contribution >= 4 is 11.7 Å². The summed E-state index contributed by atoms with van der Waals surface area (Å²) in [6.45, 7) is 0.776. The highest BCUT2D eigenvalue weighted by Crippen LogP contribution is 2.17. The summed E-state index contributed by atoms with van der Waals surface area (Å²) in [5, 5.41) is 0. The lowest BCUT2D eigenvalue weighted by atomic mass is 10.4. The fourth-order valence-electron chi connectivity index (χ4n) is 1.35. The zero-order valence-corrected chi connectivity index (χ0v) is 9.25. The first-order valence-electron chi connectivity index (χ1n) is 5.03. The number of carbonyl (C=O) groups is 1. The number of alkyl halides is 3. The number of halogens is 3. The maximum absolute atomic E-state index is 11.9. The number of anilines is 1. The van der Waals surface area contributed by atoms with E-state index in [1.54, 1.807) is 0 Å². The van der Waals surface area contributed by atoms with Crippen LogP contribution in [0.5, 0.6) is 0 Å². The molecule has 0 amide bonds. The fourth-order valence-corrected chi connectivity index (χ4v) is 1.35. The predicted molar refractivity (Wildman–Crippen MR) is 55.5 cm³/mol. The number of nitrogens with two attached hydrogens (primary N) is 1. The number of rotatable bonds is 4. The van der Waals surface area contributed by atoms with Crippen molar-refractivity contribution in [2.24, 2.45) is 0 Å². The van der Waals surface area contributed by atoms with Crippen molar-refractivity contribution in [3.63, 3.8) is 0 Å². The highest BCUT2D eigenvalue weighted by molar-refractivity contribution is 5.89. The molecule has 0 fully saturated rings. The van der Waals surface area contributed by atoms with E-state index < -0.39 is 18.8 Å². The Hall–Kier alpha value is -1.66. The van der Waals surface area contributed by atoms with Gasteiger partial charge in [-0.05, 0) is 12.5 Å². The van der Waals surface area contributed by atoms with E-state index in [9.17, 15) is 18.0 Å². The SMILES string of the molecule is CCCn1cc(N)cc1C(=O)OCC(F)(F)F. The number of ether oxygens (including phenoxy) is 1. The van der Waals surface area contributed by atoms with Crippen LogP contribution in [-0.4, -0.2) is 23.3 Å². The van der Waals surface area contributed by atoms with Crippen molar-refractivity contribution in [3.8, 4) is 0 Å². The Morgan fingerprint density at radius 3 is 2.71 bits per heavy atom. The Morgan fingerprint density at radius 2 is 2.18 bits per heavy atom. The highest BCUT2D eigenvalue weighted by Gasteiger charge is 2.30. The molecule has 0 aliphatic rings. The minimum Gasteiger partial charge on any atom is -0.451 e. The quantitative estimate of drug-likeness (QED) is 0.833. The molecule has 17 heavy (non-hydrogen) atoms. The van der Waals surface area contributed by atoms with Crippen molar-refractivity contribution < 1.29 is 22.7 Å². The summed E-state index contributed by atoms with van der Waals surface area (Å²) >= 11 is 0. The predicted octanol–water partition coefficient (Wildman–Crippen LogP) is 2.20. The second-order valence-electron chi connectivity index (χ2n) is 3.54. The minimum absolute atomic E-state index is 0.0357. The van der Waals surface area contributed by atoms with E-state index >= 15 is 0 Å². The van der Waals surface area contributed by atoms with Crippen LogP contribution < -0.4 is 5.73 Å². The van der Waals surface area contributed by atoms with E-state index in [-0.39, 0.29) is 5.69 Å². The largest absolute Gasteiger partial charge is 0.451 e. The van der Waals surface area contributed by atoms with Crippen LogP contribution in [0.25, 0.3) is 0 Å². The van der Waals surface area contributed by atoms with E-state index in [1.807, 2.05) is 6.92 Å². The molecule has 0 bridgehead atoms. The van der Waals surface area contributed by atoms with Gasteiger partial charge in [0.25, 0.3) is 0 Å². The van der Waals surface area contributed by atoms with Crippen molar-refractivity contribution in [2.75, 3.05) is 12.3 Å². The van der Waals surface area contributed by atoms with Gasteiger partial charge in [0.2, 0.25) is 0 Å². The van der Waals surface area contributed by atoms with Crippen LogP contribution in [0.1, 0.15) is 23.8 Å². The first kappa shape index (κ1) is 13.4. The fraction of sp³-hybridized carbons (Fsp3) is 0.500. The first-order chi connectivity index (χ1) is 7.83. The Balaban J connectivity index is 2.74. The van der Waals surface area contributed by atoms with Crippen LogP contribution in [0.4, 0.5) is 18.9 Å². The molecule has 1 rings (SSSR count). The monoisotopic (exact) mass is 250 g/mol. The smallest absolute Gasteiger partial charge is 0.422 e. The summed E-state index contributed by atoms with van der Waals surface area (Å²) in [5.41, 5.74) is 5.83. The van der Waals surface area contributed by atoms with Gasteiger partial charge in [0.05, 0.1) is 5.69 Å². The molecule has 1 aromatic heterocycles. The Morgan fingerprint density at radius 1 is 1.53 bits per heavy atom. The molecular formula is C10H13F3N2O2. The van der Waals surface area contributed by atoms with Gasteiger partial charge in [-0.1, -0.05) is 6.92 Å². The van der Waals surface area contributed by atoms with Gasteiger partial charge >= 0.3 is 12.1 Å². The van der Waals surface area contributed by atoms with Crippen LogP contribution in [0.2, 0.25) is 0 Å². The lowest BCUT2D eigenvalue weighted by Crippen LogP contribution is -2.21. The van der Waals surface area contributed by atoms with Gasteiger partial charge in [-0.25, -0.2) is 4.79 Å². The molecule has 0 aliphatic carbocycles. The zero-order chi connectivity index (χ0) is 13.1. The maximum Gasteiger partial charge on any atom is 0.422 e. The number of aryl methyl sites for hydroxylation is 1.